The van der Waals surface area contributed by atoms with Crippen LogP contribution in [0.5, 0.6) is 5.75 Å². The Morgan fingerprint density at radius 2 is 1.89 bits per heavy atom. The first-order valence-electron chi connectivity index (χ1n) is 5.93. The van der Waals surface area contributed by atoms with Gasteiger partial charge < -0.3 is 10.5 Å². The van der Waals surface area contributed by atoms with Gasteiger partial charge in [-0.1, -0.05) is 18.2 Å². The Kier molecular flexibility index (Phi) is 4.76. The molecule has 0 heterocycles. The Labute approximate surface area is 125 Å². The molecule has 0 aliphatic carbocycles. The van der Waals surface area contributed by atoms with Gasteiger partial charge >= 0.3 is 0 Å². The minimum Gasteiger partial charge on any atom is -0.494 e. The van der Waals surface area contributed by atoms with E-state index >= 15 is 0 Å². The van der Waals surface area contributed by atoms with Crippen LogP contribution in [-0.2, 0) is 6.42 Å². The molecule has 2 nitrogen and oxygen atoms in total. The lowest BCUT2D eigenvalue weighted by atomic mass is 9.99. The maximum atomic E-state index is 13.6. The Morgan fingerprint density at radius 3 is 2.47 bits per heavy atom. The van der Waals surface area contributed by atoms with E-state index in [1.807, 2.05) is 24.3 Å². The third-order valence-corrected chi connectivity index (χ3v) is 3.69. The predicted octanol–water partition coefficient (Wildman–Crippen LogP) is 3.68. The normalized spacial score (nSPS) is 12.2. The highest BCUT2D eigenvalue weighted by Crippen LogP contribution is 2.23. The van der Waals surface area contributed by atoms with Crippen LogP contribution in [0.25, 0.3) is 0 Å². The van der Waals surface area contributed by atoms with Crippen LogP contribution in [0.15, 0.2) is 42.5 Å². The molecule has 0 spiro atoms. The first kappa shape index (κ1) is 14.3. The van der Waals surface area contributed by atoms with Crippen LogP contribution in [0.1, 0.15) is 17.2 Å². The van der Waals surface area contributed by atoms with Gasteiger partial charge in [0.05, 0.1) is 7.11 Å². The fourth-order valence-electron chi connectivity index (χ4n) is 1.91. The molecule has 0 fully saturated rings. The zero-order chi connectivity index (χ0) is 13.8. The molecular formula is C15H15FINO. The standard InChI is InChI=1S/C15H15FINO/c1-19-15-7-4-11(9-13(15)16)14(18)8-10-2-5-12(17)6-3-10/h2-7,9,14H,8,18H2,1H3. The number of benzene rings is 2. The number of halogens is 2. The molecule has 0 aliphatic rings. The molecule has 0 bridgehead atoms. The molecule has 0 saturated heterocycles. The number of methoxy groups -OCH3 is 1. The van der Waals surface area contributed by atoms with Crippen molar-refractivity contribution >= 4 is 22.6 Å². The topological polar surface area (TPSA) is 35.2 Å². The van der Waals surface area contributed by atoms with Crippen molar-refractivity contribution in [1.29, 1.82) is 0 Å². The van der Waals surface area contributed by atoms with E-state index in [0.717, 1.165) is 11.1 Å². The molecular weight excluding hydrogens is 356 g/mol. The molecule has 4 heteroatoms. The lowest BCUT2D eigenvalue weighted by Gasteiger charge is -2.13. The van der Waals surface area contributed by atoms with Gasteiger partial charge in [-0.15, -0.1) is 0 Å². The second kappa shape index (κ2) is 6.34. The third-order valence-electron chi connectivity index (χ3n) is 2.97. The van der Waals surface area contributed by atoms with E-state index in [1.54, 1.807) is 12.1 Å². The SMILES string of the molecule is COc1ccc(C(N)Cc2ccc(I)cc2)cc1F. The average Bonchev–Trinajstić information content (AvgIpc) is 2.41. The van der Waals surface area contributed by atoms with Crippen LogP contribution >= 0.6 is 22.6 Å². The second-order valence-electron chi connectivity index (χ2n) is 4.33. The summed E-state index contributed by atoms with van der Waals surface area (Å²) in [7, 11) is 1.45. The average molecular weight is 371 g/mol. The predicted molar refractivity (Wildman–Crippen MR) is 82.7 cm³/mol. The molecule has 0 aromatic heterocycles. The van der Waals surface area contributed by atoms with Crippen LogP contribution in [0.3, 0.4) is 0 Å². The van der Waals surface area contributed by atoms with Gasteiger partial charge in [-0.3, -0.25) is 0 Å². The highest BCUT2D eigenvalue weighted by atomic mass is 127. The number of hydrogen-bond acceptors (Lipinski definition) is 2. The summed E-state index contributed by atoms with van der Waals surface area (Å²) in [6.07, 6.45) is 0.683. The van der Waals surface area contributed by atoms with E-state index in [2.05, 4.69) is 22.6 Å². The fourth-order valence-corrected chi connectivity index (χ4v) is 2.27. The third kappa shape index (κ3) is 3.67. The minimum atomic E-state index is -0.377. The Balaban J connectivity index is 2.13. The van der Waals surface area contributed by atoms with E-state index in [0.29, 0.717) is 6.42 Å². The zero-order valence-electron chi connectivity index (χ0n) is 10.6. The van der Waals surface area contributed by atoms with Crippen molar-refractivity contribution in [3.05, 3.63) is 63.0 Å². The summed E-state index contributed by atoms with van der Waals surface area (Å²) < 4.78 is 19.7. The second-order valence-corrected chi connectivity index (χ2v) is 5.58. The van der Waals surface area contributed by atoms with Crippen LogP contribution in [-0.4, -0.2) is 7.11 Å². The molecule has 0 saturated carbocycles. The van der Waals surface area contributed by atoms with Gasteiger partial charge in [0.25, 0.3) is 0 Å². The first-order valence-corrected chi connectivity index (χ1v) is 7.01. The molecule has 0 radical (unpaired) electrons. The summed E-state index contributed by atoms with van der Waals surface area (Å²) in [6, 6.07) is 12.8. The van der Waals surface area contributed by atoms with E-state index in [9.17, 15) is 4.39 Å². The molecule has 2 rings (SSSR count). The highest BCUT2D eigenvalue weighted by molar-refractivity contribution is 14.1. The summed E-state index contributed by atoms with van der Waals surface area (Å²) >= 11 is 2.26. The monoisotopic (exact) mass is 371 g/mol. The Hall–Kier alpha value is -1.14. The Bertz CT molecular complexity index is 557. The lowest BCUT2D eigenvalue weighted by Crippen LogP contribution is -2.13. The summed E-state index contributed by atoms with van der Waals surface area (Å²) in [5.74, 6) is -0.136. The van der Waals surface area contributed by atoms with E-state index in [4.69, 9.17) is 10.5 Å². The van der Waals surface area contributed by atoms with Crippen molar-refractivity contribution in [3.8, 4) is 5.75 Å². The van der Waals surface area contributed by atoms with Crippen molar-refractivity contribution in [2.75, 3.05) is 7.11 Å². The largest absolute Gasteiger partial charge is 0.494 e. The molecule has 1 unspecified atom stereocenters. The number of nitrogens with two attached hydrogens (primary N) is 1. The van der Waals surface area contributed by atoms with Crippen molar-refractivity contribution in [1.82, 2.24) is 0 Å². The van der Waals surface area contributed by atoms with E-state index < -0.39 is 0 Å². The van der Waals surface area contributed by atoms with E-state index in [-0.39, 0.29) is 17.6 Å². The number of hydrogen-bond donors (Lipinski definition) is 1. The van der Waals surface area contributed by atoms with Crippen molar-refractivity contribution in [2.45, 2.75) is 12.5 Å². The summed E-state index contributed by atoms with van der Waals surface area (Å²) in [4.78, 5) is 0. The van der Waals surface area contributed by atoms with Crippen molar-refractivity contribution in [3.63, 3.8) is 0 Å². The zero-order valence-corrected chi connectivity index (χ0v) is 12.7. The molecule has 19 heavy (non-hydrogen) atoms. The summed E-state index contributed by atoms with van der Waals surface area (Å²) in [5.41, 5.74) is 8.03. The van der Waals surface area contributed by atoms with Crippen molar-refractivity contribution < 1.29 is 9.13 Å². The van der Waals surface area contributed by atoms with Crippen molar-refractivity contribution in [2.24, 2.45) is 5.73 Å². The number of rotatable bonds is 4. The first-order chi connectivity index (χ1) is 9.10. The van der Waals surface area contributed by atoms with Crippen LogP contribution < -0.4 is 10.5 Å². The molecule has 0 amide bonds. The lowest BCUT2D eigenvalue weighted by molar-refractivity contribution is 0.386. The van der Waals surface area contributed by atoms with Gasteiger partial charge in [0.15, 0.2) is 11.6 Å². The smallest absolute Gasteiger partial charge is 0.165 e. The molecule has 1 atom stereocenters. The van der Waals surface area contributed by atoms with Crippen LogP contribution in [0, 0.1) is 9.39 Å². The summed E-state index contributed by atoms with van der Waals surface area (Å²) in [5, 5.41) is 0. The minimum absolute atomic E-state index is 0.222. The molecule has 2 N–H and O–H groups in total. The molecule has 2 aromatic rings. The fraction of sp³-hybridized carbons (Fsp3) is 0.200. The van der Waals surface area contributed by atoms with Gasteiger partial charge in [0.2, 0.25) is 0 Å². The van der Waals surface area contributed by atoms with E-state index in [1.165, 1.54) is 16.7 Å². The molecule has 0 aliphatic heterocycles. The number of ether oxygens (including phenoxy) is 1. The van der Waals surface area contributed by atoms with Gasteiger partial charge in [0.1, 0.15) is 0 Å². The quantitative estimate of drug-likeness (QED) is 0.833. The van der Waals surface area contributed by atoms with Gasteiger partial charge in [-0.2, -0.15) is 0 Å². The molecule has 2 aromatic carbocycles. The van der Waals surface area contributed by atoms with Crippen LogP contribution in [0.2, 0.25) is 0 Å². The molecule has 100 valence electrons. The maximum absolute atomic E-state index is 13.6. The van der Waals surface area contributed by atoms with Gasteiger partial charge in [-0.05, 0) is 64.4 Å². The van der Waals surface area contributed by atoms with Gasteiger partial charge in [-0.25, -0.2) is 4.39 Å². The maximum Gasteiger partial charge on any atom is 0.165 e. The summed E-state index contributed by atoms with van der Waals surface area (Å²) in [6.45, 7) is 0. The van der Waals surface area contributed by atoms with Gasteiger partial charge in [0, 0.05) is 9.61 Å². The van der Waals surface area contributed by atoms with Crippen LogP contribution in [0.4, 0.5) is 4.39 Å². The Morgan fingerprint density at radius 1 is 1.21 bits per heavy atom. The highest BCUT2D eigenvalue weighted by Gasteiger charge is 2.10.